The molecule has 2 heteroatoms. The Balaban J connectivity index is 1.07. The number of fused-ring (bicyclic) bond motifs is 9. The van der Waals surface area contributed by atoms with E-state index in [1.54, 1.807) is 0 Å². The molecule has 0 unspecified atom stereocenters. The molecular weight excluding hydrogens is 1000 g/mol. The van der Waals surface area contributed by atoms with Gasteiger partial charge in [0.05, 0.1) is 10.8 Å². The second kappa shape index (κ2) is 18.5. The third kappa shape index (κ3) is 6.72. The molecule has 0 N–H and O–H groups in total. The number of benzene rings is 13. The van der Waals surface area contributed by atoms with Crippen LogP contribution < -0.4 is 9.80 Å². The van der Waals surface area contributed by atoms with E-state index in [1.165, 1.54) is 144 Å². The zero-order valence-corrected chi connectivity index (χ0v) is 47.1. The molecule has 13 aromatic carbocycles. The average molecular weight is 1060 g/mol. The normalized spacial score (nSPS) is 14.7. The Bertz CT molecular complexity index is 4400. The molecule has 0 aromatic heterocycles. The monoisotopic (exact) mass is 1060 g/mol. The molecule has 1 aliphatic carbocycles. The van der Waals surface area contributed by atoms with Gasteiger partial charge < -0.3 is 9.80 Å². The lowest BCUT2D eigenvalue weighted by molar-refractivity contribution is 0.660. The summed E-state index contributed by atoms with van der Waals surface area (Å²) >= 11 is 0. The predicted molar refractivity (Wildman–Crippen MR) is 348 cm³/mol. The largest absolute Gasteiger partial charge is 0.344 e. The highest BCUT2D eigenvalue weighted by Gasteiger charge is 2.49. The van der Waals surface area contributed by atoms with Crippen LogP contribution in [0.2, 0.25) is 0 Å². The Hall–Kier alpha value is -10.0. The molecular formula is C81H60N2. The van der Waals surface area contributed by atoms with Crippen molar-refractivity contribution in [2.45, 2.75) is 30.1 Å². The maximum Gasteiger partial charge on any atom is 0.0748 e. The van der Waals surface area contributed by atoms with Gasteiger partial charge >= 0.3 is 0 Å². The van der Waals surface area contributed by atoms with E-state index in [0.717, 1.165) is 0 Å². The van der Waals surface area contributed by atoms with E-state index in [9.17, 15) is 0 Å². The molecule has 13 aromatic rings. The average Bonchev–Trinajstić information content (AvgIpc) is 1.70. The fourth-order valence-corrected chi connectivity index (χ4v) is 15.7. The molecule has 16 rings (SSSR count). The van der Waals surface area contributed by atoms with Gasteiger partial charge in [-0.25, -0.2) is 0 Å². The number of anilines is 4. The summed E-state index contributed by atoms with van der Waals surface area (Å²) in [5, 5.41) is 4.86. The number of hydrogen-bond donors (Lipinski definition) is 0. The van der Waals surface area contributed by atoms with Gasteiger partial charge in [0.25, 0.3) is 0 Å². The topological polar surface area (TPSA) is 6.48 Å². The summed E-state index contributed by atoms with van der Waals surface area (Å²) in [5.41, 5.74) is 25.9. The molecule has 0 bridgehead atoms. The zero-order valence-electron chi connectivity index (χ0n) is 47.1. The van der Waals surface area contributed by atoms with Gasteiger partial charge in [-0.2, -0.15) is 0 Å². The van der Waals surface area contributed by atoms with Gasteiger partial charge in [0, 0.05) is 53.4 Å². The number of hydrogen-bond acceptors (Lipinski definition) is 2. The first-order valence-electron chi connectivity index (χ1n) is 29.2. The highest BCUT2D eigenvalue weighted by molar-refractivity contribution is 6.21. The van der Waals surface area contributed by atoms with Crippen molar-refractivity contribution in [1.82, 2.24) is 0 Å². The van der Waals surface area contributed by atoms with Crippen molar-refractivity contribution in [3.63, 3.8) is 0 Å². The molecule has 0 spiro atoms. The van der Waals surface area contributed by atoms with Gasteiger partial charge in [-0.05, 0) is 141 Å². The highest BCUT2D eigenvalue weighted by atomic mass is 15.1. The standard InChI is InChI=1S/C81H60N2/c1-79(2)67-44-18-17-36-63(67)76-64(43-25-47-70(76)79)75-59-39-23-37-57(61-41-26-50-73-77(61)80(53-28-9-5-10-29-53,54-30-11-6-12-31-54)68-45-19-21-48-71(68)82(73)3)65(59)52-66-58(38-24-40-60(66)75)62-42-27-51-74-78(62)81(55-32-13-7-14-33-55,56-34-15-8-16-35-56)69-46-20-22-49-72(69)83(74)4/h5-52H,1-4H3. The minimum atomic E-state index is -0.677. The quantitative estimate of drug-likeness (QED) is 0.147. The van der Waals surface area contributed by atoms with Crippen LogP contribution in [0.1, 0.15) is 69.5 Å². The highest BCUT2D eigenvalue weighted by Crippen LogP contribution is 2.62. The summed E-state index contributed by atoms with van der Waals surface area (Å²) in [6.07, 6.45) is 0. The van der Waals surface area contributed by atoms with Crippen molar-refractivity contribution in [2.24, 2.45) is 0 Å². The molecule has 0 amide bonds. The minimum absolute atomic E-state index is 0.189. The molecule has 2 heterocycles. The summed E-state index contributed by atoms with van der Waals surface area (Å²) in [6.45, 7) is 4.80. The third-order valence-electron chi connectivity index (χ3n) is 19.2. The second-order valence-corrected chi connectivity index (χ2v) is 23.5. The van der Waals surface area contributed by atoms with E-state index in [4.69, 9.17) is 0 Å². The molecule has 0 radical (unpaired) electrons. The number of rotatable bonds is 7. The van der Waals surface area contributed by atoms with Crippen LogP contribution in [0.15, 0.2) is 291 Å². The Kier molecular flexibility index (Phi) is 10.9. The minimum Gasteiger partial charge on any atom is -0.344 e. The molecule has 0 atom stereocenters. The lowest BCUT2D eigenvalue weighted by atomic mass is 9.60. The molecule has 83 heavy (non-hydrogen) atoms. The Morgan fingerprint density at radius 3 is 1.02 bits per heavy atom. The predicted octanol–water partition coefficient (Wildman–Crippen LogP) is 20.2. The summed E-state index contributed by atoms with van der Waals surface area (Å²) in [5.74, 6) is 0. The van der Waals surface area contributed by atoms with Crippen LogP contribution >= 0.6 is 0 Å². The van der Waals surface area contributed by atoms with Crippen LogP contribution in [-0.2, 0) is 16.2 Å². The van der Waals surface area contributed by atoms with Gasteiger partial charge in [0.15, 0.2) is 0 Å². The van der Waals surface area contributed by atoms with Gasteiger partial charge in [-0.3, -0.25) is 0 Å². The summed E-state index contributed by atoms with van der Waals surface area (Å²) in [7, 11) is 4.50. The van der Waals surface area contributed by atoms with Crippen molar-refractivity contribution in [3.05, 3.63) is 347 Å². The zero-order chi connectivity index (χ0) is 55.6. The van der Waals surface area contributed by atoms with Crippen molar-refractivity contribution >= 4 is 44.3 Å². The summed E-state index contributed by atoms with van der Waals surface area (Å²) in [4.78, 5) is 4.85. The lowest BCUT2D eigenvalue weighted by Gasteiger charge is -2.46. The first-order valence-corrected chi connectivity index (χ1v) is 29.2. The fraction of sp³-hybridized carbons (Fsp3) is 0.0864. The SMILES string of the molecule is CN1c2ccccc2C(c2ccccc2)(c2ccccc2)c2c(-c3cccc4c(-c5cccc6c5-c5ccccc5C6(C)C)c5cccc(-c6cccc7c6C(c6ccccc6)(c6ccccc6)c6ccccc6N7C)c5cc34)cccc21. The van der Waals surface area contributed by atoms with Crippen molar-refractivity contribution in [1.29, 1.82) is 0 Å². The van der Waals surface area contributed by atoms with Gasteiger partial charge in [-0.15, -0.1) is 0 Å². The first-order chi connectivity index (χ1) is 40.8. The number of nitrogens with zero attached hydrogens (tertiary/aromatic N) is 2. The van der Waals surface area contributed by atoms with Crippen molar-refractivity contribution in [2.75, 3.05) is 23.9 Å². The first kappa shape index (κ1) is 48.8. The van der Waals surface area contributed by atoms with Crippen LogP contribution in [0.3, 0.4) is 0 Å². The fourth-order valence-electron chi connectivity index (χ4n) is 15.7. The van der Waals surface area contributed by atoms with E-state index in [0.29, 0.717) is 0 Å². The van der Waals surface area contributed by atoms with E-state index in [-0.39, 0.29) is 5.41 Å². The Morgan fingerprint density at radius 1 is 0.241 bits per heavy atom. The third-order valence-corrected chi connectivity index (χ3v) is 19.2. The molecule has 2 nitrogen and oxygen atoms in total. The van der Waals surface area contributed by atoms with E-state index < -0.39 is 10.8 Å². The maximum atomic E-state index is 2.57. The maximum absolute atomic E-state index is 2.57. The Morgan fingerprint density at radius 2 is 0.566 bits per heavy atom. The van der Waals surface area contributed by atoms with E-state index in [1.807, 2.05) is 0 Å². The summed E-state index contributed by atoms with van der Waals surface area (Å²) < 4.78 is 0. The smallest absolute Gasteiger partial charge is 0.0748 e. The van der Waals surface area contributed by atoms with Gasteiger partial charge in [0.1, 0.15) is 0 Å². The van der Waals surface area contributed by atoms with E-state index in [2.05, 4.69) is 329 Å². The van der Waals surface area contributed by atoms with Crippen LogP contribution in [0.25, 0.3) is 66.1 Å². The summed E-state index contributed by atoms with van der Waals surface area (Å²) in [6, 6.07) is 110. The molecule has 0 saturated carbocycles. The molecule has 0 saturated heterocycles. The van der Waals surface area contributed by atoms with Crippen molar-refractivity contribution in [3.8, 4) is 44.5 Å². The van der Waals surface area contributed by atoms with Crippen LogP contribution in [0.4, 0.5) is 22.7 Å². The van der Waals surface area contributed by atoms with Crippen LogP contribution in [0.5, 0.6) is 0 Å². The van der Waals surface area contributed by atoms with Gasteiger partial charge in [0.2, 0.25) is 0 Å². The second-order valence-electron chi connectivity index (χ2n) is 23.5. The molecule has 3 aliphatic rings. The van der Waals surface area contributed by atoms with Crippen LogP contribution in [0, 0.1) is 0 Å². The lowest BCUT2D eigenvalue weighted by Crippen LogP contribution is -2.38. The molecule has 2 aliphatic heterocycles. The van der Waals surface area contributed by atoms with Crippen LogP contribution in [-0.4, -0.2) is 14.1 Å². The number of para-hydroxylation sites is 2. The Labute approximate surface area is 486 Å². The van der Waals surface area contributed by atoms with Gasteiger partial charge in [-0.1, -0.05) is 275 Å². The molecule has 394 valence electrons. The van der Waals surface area contributed by atoms with Crippen molar-refractivity contribution < 1.29 is 0 Å². The molecule has 0 fully saturated rings. The van der Waals surface area contributed by atoms with E-state index >= 15 is 0 Å².